The van der Waals surface area contributed by atoms with Crippen LogP contribution in [0.5, 0.6) is 0 Å². The normalized spacial score (nSPS) is 20.9. The molecule has 3 unspecified atom stereocenters. The van der Waals surface area contributed by atoms with E-state index in [1.807, 2.05) is 25.1 Å². The Bertz CT molecular complexity index is 580. The third-order valence-corrected chi connectivity index (χ3v) is 4.71. The summed E-state index contributed by atoms with van der Waals surface area (Å²) in [4.78, 5) is 24.4. The van der Waals surface area contributed by atoms with Crippen LogP contribution in [0, 0.1) is 18.8 Å². The summed E-state index contributed by atoms with van der Waals surface area (Å²) >= 11 is 0. The molecule has 0 aromatic heterocycles. The molecule has 0 spiro atoms. The maximum absolute atomic E-state index is 12.3. The zero-order valence-corrected chi connectivity index (χ0v) is 15.8. The lowest BCUT2D eigenvalue weighted by Gasteiger charge is -2.26. The van der Waals surface area contributed by atoms with Gasteiger partial charge in [-0.1, -0.05) is 36.2 Å². The summed E-state index contributed by atoms with van der Waals surface area (Å²) in [6.07, 6.45) is 4.14. The van der Waals surface area contributed by atoms with Gasteiger partial charge in [-0.15, -0.1) is 12.4 Å². The fourth-order valence-electron chi connectivity index (χ4n) is 3.36. The second-order valence-corrected chi connectivity index (χ2v) is 6.78. The van der Waals surface area contributed by atoms with Crippen LogP contribution in [-0.4, -0.2) is 31.6 Å². The lowest BCUT2D eigenvalue weighted by atomic mass is 9.85. The van der Waals surface area contributed by atoms with Crippen molar-refractivity contribution in [2.75, 3.05) is 13.7 Å². The second-order valence-electron chi connectivity index (χ2n) is 6.78. The molecule has 1 amide bonds. The fourth-order valence-corrected chi connectivity index (χ4v) is 3.36. The summed E-state index contributed by atoms with van der Waals surface area (Å²) in [5.74, 6) is -0.704. The van der Waals surface area contributed by atoms with E-state index in [4.69, 9.17) is 10.5 Å². The molecule has 1 saturated carbocycles. The van der Waals surface area contributed by atoms with Crippen LogP contribution < -0.4 is 11.1 Å². The highest BCUT2D eigenvalue weighted by molar-refractivity contribution is 5.85. The number of carbonyl (C=O) groups excluding carboxylic acids is 2. The van der Waals surface area contributed by atoms with Crippen molar-refractivity contribution in [2.24, 2.45) is 17.6 Å². The van der Waals surface area contributed by atoms with Gasteiger partial charge in [0.25, 0.3) is 0 Å². The summed E-state index contributed by atoms with van der Waals surface area (Å²) in [6.45, 7) is 2.32. The molecule has 0 saturated heterocycles. The molecule has 3 atom stereocenters. The fraction of sp³-hybridized carbons (Fsp3) is 0.579. The van der Waals surface area contributed by atoms with E-state index < -0.39 is 0 Å². The van der Waals surface area contributed by atoms with E-state index in [1.54, 1.807) is 0 Å². The van der Waals surface area contributed by atoms with E-state index >= 15 is 0 Å². The molecule has 1 aliphatic rings. The molecule has 1 fully saturated rings. The van der Waals surface area contributed by atoms with Crippen molar-refractivity contribution in [3.63, 3.8) is 0 Å². The van der Waals surface area contributed by atoms with Crippen LogP contribution in [0.4, 0.5) is 0 Å². The number of nitrogens with two attached hydrogens (primary N) is 1. The van der Waals surface area contributed by atoms with Crippen molar-refractivity contribution in [3.8, 4) is 0 Å². The van der Waals surface area contributed by atoms with Crippen LogP contribution in [0.3, 0.4) is 0 Å². The second kappa shape index (κ2) is 10.4. The van der Waals surface area contributed by atoms with E-state index in [0.717, 1.165) is 36.8 Å². The molecule has 3 N–H and O–H groups in total. The number of rotatable bonds is 6. The number of carbonyl (C=O) groups is 2. The van der Waals surface area contributed by atoms with Crippen molar-refractivity contribution in [1.29, 1.82) is 0 Å². The molecule has 5 nitrogen and oxygen atoms in total. The first-order chi connectivity index (χ1) is 11.5. The van der Waals surface area contributed by atoms with Crippen molar-refractivity contribution in [3.05, 3.63) is 35.4 Å². The summed E-state index contributed by atoms with van der Waals surface area (Å²) in [6, 6.07) is 8.15. The Hall–Kier alpha value is -1.59. The summed E-state index contributed by atoms with van der Waals surface area (Å²) in [5.41, 5.74) is 8.17. The number of hydrogen-bond acceptors (Lipinski definition) is 4. The van der Waals surface area contributed by atoms with Crippen LogP contribution in [0.15, 0.2) is 24.3 Å². The Kier molecular flexibility index (Phi) is 8.93. The molecular weight excluding hydrogens is 340 g/mol. The molecule has 6 heteroatoms. The van der Waals surface area contributed by atoms with Crippen LogP contribution >= 0.6 is 12.4 Å². The maximum atomic E-state index is 12.3. The molecule has 25 heavy (non-hydrogen) atoms. The Balaban J connectivity index is 0.00000312. The molecule has 0 bridgehead atoms. The number of ether oxygens (including phenoxy) is 1. The molecule has 0 heterocycles. The van der Waals surface area contributed by atoms with E-state index in [1.165, 1.54) is 7.11 Å². The number of esters is 1. The van der Waals surface area contributed by atoms with Crippen LogP contribution in [0.25, 0.3) is 0 Å². The van der Waals surface area contributed by atoms with Gasteiger partial charge in [-0.2, -0.15) is 0 Å². The van der Waals surface area contributed by atoms with Crippen molar-refractivity contribution in [1.82, 2.24) is 5.32 Å². The largest absolute Gasteiger partial charge is 0.469 e. The lowest BCUT2D eigenvalue weighted by Crippen LogP contribution is -2.41. The number of nitrogens with one attached hydrogen (secondary N) is 1. The number of amides is 1. The first-order valence-corrected chi connectivity index (χ1v) is 8.66. The smallest absolute Gasteiger partial charge is 0.310 e. The zero-order valence-electron chi connectivity index (χ0n) is 15.0. The monoisotopic (exact) mass is 368 g/mol. The first-order valence-electron chi connectivity index (χ1n) is 8.66. The minimum atomic E-state index is -0.377. The van der Waals surface area contributed by atoms with Gasteiger partial charge in [0.05, 0.1) is 13.0 Å². The van der Waals surface area contributed by atoms with Crippen molar-refractivity contribution >= 4 is 24.3 Å². The average molecular weight is 369 g/mol. The summed E-state index contributed by atoms with van der Waals surface area (Å²) in [7, 11) is 1.38. The SMILES string of the molecule is COC(=O)C(CNC(=O)C1CCCC(N)C1)Cc1cccc(C)c1.Cl. The number of halogens is 1. The molecule has 1 aliphatic carbocycles. The van der Waals surface area contributed by atoms with Crippen LogP contribution in [0.1, 0.15) is 36.8 Å². The Morgan fingerprint density at radius 1 is 1.36 bits per heavy atom. The average Bonchev–Trinajstić information content (AvgIpc) is 2.57. The summed E-state index contributed by atoms with van der Waals surface area (Å²) < 4.78 is 4.90. The first kappa shape index (κ1) is 21.5. The summed E-state index contributed by atoms with van der Waals surface area (Å²) in [5, 5.41) is 2.93. The van der Waals surface area contributed by atoms with Crippen LogP contribution in [0.2, 0.25) is 0 Å². The standard InChI is InChI=1S/C19H28N2O3.ClH/c1-13-5-3-6-14(9-13)10-16(19(23)24-2)12-21-18(22)15-7-4-8-17(20)11-15;/h3,5-6,9,15-17H,4,7-8,10-12,20H2,1-2H3,(H,21,22);1H. The Morgan fingerprint density at radius 2 is 2.12 bits per heavy atom. The van der Waals surface area contributed by atoms with Gasteiger partial charge in [0.1, 0.15) is 0 Å². The Labute approximate surface area is 156 Å². The van der Waals surface area contributed by atoms with Gasteiger partial charge in [-0.3, -0.25) is 9.59 Å². The van der Waals surface area contributed by atoms with E-state index in [9.17, 15) is 9.59 Å². The van der Waals surface area contributed by atoms with Gasteiger partial charge in [-0.05, 0) is 38.2 Å². The molecule has 0 aliphatic heterocycles. The molecule has 2 rings (SSSR count). The molecule has 1 aromatic carbocycles. The number of aryl methyl sites for hydroxylation is 1. The zero-order chi connectivity index (χ0) is 17.5. The molecule has 0 radical (unpaired) electrons. The van der Waals surface area contributed by atoms with E-state index in [-0.39, 0.29) is 42.2 Å². The van der Waals surface area contributed by atoms with Gasteiger partial charge < -0.3 is 15.8 Å². The van der Waals surface area contributed by atoms with Crippen molar-refractivity contribution < 1.29 is 14.3 Å². The number of hydrogen-bond donors (Lipinski definition) is 2. The van der Waals surface area contributed by atoms with E-state index in [0.29, 0.717) is 13.0 Å². The minimum Gasteiger partial charge on any atom is -0.469 e. The van der Waals surface area contributed by atoms with Gasteiger partial charge in [0.15, 0.2) is 0 Å². The topological polar surface area (TPSA) is 81.4 Å². The van der Waals surface area contributed by atoms with Gasteiger partial charge in [0, 0.05) is 18.5 Å². The highest BCUT2D eigenvalue weighted by Gasteiger charge is 2.27. The van der Waals surface area contributed by atoms with Crippen LogP contribution in [-0.2, 0) is 20.7 Å². The predicted octanol–water partition coefficient (Wildman–Crippen LogP) is 2.38. The van der Waals surface area contributed by atoms with Gasteiger partial charge in [-0.25, -0.2) is 0 Å². The lowest BCUT2D eigenvalue weighted by molar-refractivity contribution is -0.145. The third-order valence-electron chi connectivity index (χ3n) is 4.71. The van der Waals surface area contributed by atoms with E-state index in [2.05, 4.69) is 11.4 Å². The maximum Gasteiger partial charge on any atom is 0.310 e. The predicted molar refractivity (Wildman–Crippen MR) is 101 cm³/mol. The molecule has 1 aromatic rings. The highest BCUT2D eigenvalue weighted by atomic mass is 35.5. The van der Waals surface area contributed by atoms with Gasteiger partial charge in [0.2, 0.25) is 5.91 Å². The number of methoxy groups -OCH3 is 1. The highest BCUT2D eigenvalue weighted by Crippen LogP contribution is 2.23. The quantitative estimate of drug-likeness (QED) is 0.755. The molecular formula is C19H29ClN2O3. The third kappa shape index (κ3) is 6.67. The molecule has 140 valence electrons. The van der Waals surface area contributed by atoms with Crippen molar-refractivity contribution in [2.45, 2.75) is 45.1 Å². The van der Waals surface area contributed by atoms with Gasteiger partial charge >= 0.3 is 5.97 Å². The number of benzene rings is 1. The Morgan fingerprint density at radius 3 is 2.76 bits per heavy atom. The minimum absolute atomic E-state index is 0.